The van der Waals surface area contributed by atoms with E-state index < -0.39 is 0 Å². The van der Waals surface area contributed by atoms with Crippen molar-refractivity contribution in [3.63, 3.8) is 0 Å². The number of benzene rings is 2. The molecule has 34 heavy (non-hydrogen) atoms. The summed E-state index contributed by atoms with van der Waals surface area (Å²) < 4.78 is 6.73. The lowest BCUT2D eigenvalue weighted by Gasteiger charge is -2.32. The minimum absolute atomic E-state index is 0.0111. The maximum absolute atomic E-state index is 13.1. The normalized spacial score (nSPS) is 14.3. The van der Waals surface area contributed by atoms with E-state index in [0.29, 0.717) is 17.9 Å². The molecular formula is C27H32N4O3. The molecule has 2 aromatic carbocycles. The van der Waals surface area contributed by atoms with Crippen molar-refractivity contribution in [1.29, 1.82) is 5.41 Å². The van der Waals surface area contributed by atoms with Crippen LogP contribution in [-0.2, 0) is 33.7 Å². The number of likely N-dealkylation sites (tertiary alicyclic amines) is 1. The number of carbonyl (C=O) groups is 2. The van der Waals surface area contributed by atoms with Crippen LogP contribution in [0.15, 0.2) is 54.7 Å². The van der Waals surface area contributed by atoms with Gasteiger partial charge in [0.05, 0.1) is 7.11 Å². The number of methoxy groups -OCH3 is 1. The predicted molar refractivity (Wildman–Crippen MR) is 133 cm³/mol. The van der Waals surface area contributed by atoms with Crippen molar-refractivity contribution < 1.29 is 14.3 Å². The van der Waals surface area contributed by atoms with Gasteiger partial charge in [0.2, 0.25) is 5.91 Å². The van der Waals surface area contributed by atoms with E-state index in [1.54, 1.807) is 6.07 Å². The number of amidine groups is 1. The monoisotopic (exact) mass is 460 g/mol. The van der Waals surface area contributed by atoms with Crippen LogP contribution in [0.3, 0.4) is 0 Å². The molecule has 0 bridgehead atoms. The second kappa shape index (κ2) is 10.5. The van der Waals surface area contributed by atoms with E-state index in [2.05, 4.69) is 24.3 Å². The number of fused-ring (bicyclic) bond motifs is 1. The lowest BCUT2D eigenvalue weighted by atomic mass is 9.90. The number of rotatable bonds is 8. The zero-order valence-electron chi connectivity index (χ0n) is 19.6. The molecule has 178 valence electrons. The molecule has 3 N–H and O–H groups in total. The van der Waals surface area contributed by atoms with Gasteiger partial charge in [-0.2, -0.15) is 0 Å². The van der Waals surface area contributed by atoms with Crippen LogP contribution >= 0.6 is 0 Å². The molecule has 0 atom stereocenters. The van der Waals surface area contributed by atoms with Crippen molar-refractivity contribution in [3.05, 3.63) is 71.4 Å². The van der Waals surface area contributed by atoms with Crippen molar-refractivity contribution in [2.24, 2.45) is 11.7 Å². The van der Waals surface area contributed by atoms with Crippen molar-refractivity contribution in [3.8, 4) is 0 Å². The van der Waals surface area contributed by atoms with E-state index in [1.807, 2.05) is 33.9 Å². The molecule has 3 aromatic rings. The Morgan fingerprint density at radius 1 is 1.12 bits per heavy atom. The minimum Gasteiger partial charge on any atom is -0.469 e. The number of esters is 1. The molecule has 1 aliphatic rings. The van der Waals surface area contributed by atoms with Gasteiger partial charge in [0.15, 0.2) is 0 Å². The zero-order valence-corrected chi connectivity index (χ0v) is 19.6. The smallest absolute Gasteiger partial charge is 0.305 e. The first-order valence-electron chi connectivity index (χ1n) is 11.8. The third-order valence-corrected chi connectivity index (χ3v) is 6.74. The number of piperidine rings is 1. The van der Waals surface area contributed by atoms with Crippen molar-refractivity contribution in [2.75, 3.05) is 20.2 Å². The summed E-state index contributed by atoms with van der Waals surface area (Å²) in [5, 5.41) is 8.67. The van der Waals surface area contributed by atoms with Gasteiger partial charge >= 0.3 is 5.97 Å². The molecule has 0 aliphatic carbocycles. The number of nitrogens with zero attached hydrogens (tertiary/aromatic N) is 2. The molecular weight excluding hydrogens is 428 g/mol. The highest BCUT2D eigenvalue weighted by molar-refractivity contribution is 5.99. The summed E-state index contributed by atoms with van der Waals surface area (Å²) in [4.78, 5) is 26.8. The highest BCUT2D eigenvalue weighted by Crippen LogP contribution is 2.26. The van der Waals surface area contributed by atoms with Crippen LogP contribution in [0, 0.1) is 11.3 Å². The van der Waals surface area contributed by atoms with Gasteiger partial charge in [-0.3, -0.25) is 15.0 Å². The standard InChI is InChI=1S/C27H32N4O3/c1-34-26(33)10-8-22-17-31(24-9-7-21(27(28)29)16-23(22)24)18-25(32)30-13-11-20(12-14-30)15-19-5-3-2-4-6-19/h2-7,9,16-17,20H,8,10-15,18H2,1H3,(H3,28,29). The lowest BCUT2D eigenvalue weighted by molar-refractivity contribution is -0.140. The number of hydrogen-bond donors (Lipinski definition) is 2. The van der Waals surface area contributed by atoms with Crippen LogP contribution in [0.2, 0.25) is 0 Å². The first-order chi connectivity index (χ1) is 16.4. The molecule has 7 heteroatoms. The molecule has 1 fully saturated rings. The molecule has 0 saturated carbocycles. The number of hydrogen-bond acceptors (Lipinski definition) is 4. The molecule has 4 rings (SSSR count). The number of ether oxygens (including phenoxy) is 1. The number of nitrogens with two attached hydrogens (primary N) is 1. The largest absolute Gasteiger partial charge is 0.469 e. The van der Waals surface area contributed by atoms with Crippen molar-refractivity contribution in [2.45, 2.75) is 38.6 Å². The molecule has 0 unspecified atom stereocenters. The van der Waals surface area contributed by atoms with E-state index in [4.69, 9.17) is 15.9 Å². The van der Waals surface area contributed by atoms with Gasteiger partial charge in [-0.1, -0.05) is 30.3 Å². The molecule has 7 nitrogen and oxygen atoms in total. The summed E-state index contributed by atoms with van der Waals surface area (Å²) in [5.74, 6) is 0.417. The first-order valence-corrected chi connectivity index (χ1v) is 11.8. The number of aryl methyl sites for hydroxylation is 1. The fraction of sp³-hybridized carbons (Fsp3) is 0.370. The van der Waals surface area contributed by atoms with E-state index in [9.17, 15) is 9.59 Å². The fourth-order valence-electron chi connectivity index (χ4n) is 4.79. The lowest BCUT2D eigenvalue weighted by Crippen LogP contribution is -2.40. The van der Waals surface area contributed by atoms with E-state index in [1.165, 1.54) is 12.7 Å². The van der Waals surface area contributed by atoms with Crippen LogP contribution in [0.1, 0.15) is 36.0 Å². The van der Waals surface area contributed by atoms with Gasteiger partial charge in [-0.15, -0.1) is 0 Å². The Morgan fingerprint density at radius 3 is 2.53 bits per heavy atom. The highest BCUT2D eigenvalue weighted by Gasteiger charge is 2.24. The van der Waals surface area contributed by atoms with Crippen LogP contribution in [-0.4, -0.2) is 47.4 Å². The average molecular weight is 461 g/mol. The Morgan fingerprint density at radius 2 is 1.85 bits per heavy atom. The maximum Gasteiger partial charge on any atom is 0.305 e. The Kier molecular flexibility index (Phi) is 7.30. The number of nitrogens with one attached hydrogen (secondary N) is 1. The minimum atomic E-state index is -0.280. The molecule has 2 heterocycles. The number of nitrogen functional groups attached to an aromatic ring is 1. The first kappa shape index (κ1) is 23.5. The fourth-order valence-corrected chi connectivity index (χ4v) is 4.79. The van der Waals surface area contributed by atoms with Gasteiger partial charge in [0, 0.05) is 42.2 Å². The quantitative estimate of drug-likeness (QED) is 0.305. The Hall–Kier alpha value is -3.61. The van der Waals surface area contributed by atoms with Crippen LogP contribution in [0.5, 0.6) is 0 Å². The number of amides is 1. The van der Waals surface area contributed by atoms with Gasteiger partial charge in [-0.25, -0.2) is 0 Å². The third-order valence-electron chi connectivity index (χ3n) is 6.74. The van der Waals surface area contributed by atoms with Gasteiger partial charge in [0.25, 0.3) is 0 Å². The Labute approximate surface area is 200 Å². The highest BCUT2D eigenvalue weighted by atomic mass is 16.5. The van der Waals surface area contributed by atoms with E-state index in [-0.39, 0.29) is 30.7 Å². The molecule has 1 aromatic heterocycles. The second-order valence-electron chi connectivity index (χ2n) is 9.02. The summed E-state index contributed by atoms with van der Waals surface area (Å²) in [7, 11) is 1.38. The topological polar surface area (TPSA) is 101 Å². The predicted octanol–water partition coefficient (Wildman–Crippen LogP) is 3.51. The maximum atomic E-state index is 13.1. The summed E-state index contributed by atoms with van der Waals surface area (Å²) in [5.41, 5.74) is 9.51. The average Bonchev–Trinajstić information content (AvgIpc) is 3.20. The van der Waals surface area contributed by atoms with Gasteiger partial charge < -0.3 is 19.9 Å². The van der Waals surface area contributed by atoms with E-state index >= 15 is 0 Å². The Balaban J connectivity index is 1.45. The Bertz CT molecular complexity index is 1180. The van der Waals surface area contributed by atoms with Crippen LogP contribution in [0.25, 0.3) is 10.9 Å². The summed E-state index contributed by atoms with van der Waals surface area (Å²) >= 11 is 0. The molecule has 1 aliphatic heterocycles. The van der Waals surface area contributed by atoms with E-state index in [0.717, 1.165) is 48.8 Å². The molecule has 1 saturated heterocycles. The van der Waals surface area contributed by atoms with Gasteiger partial charge in [0.1, 0.15) is 12.4 Å². The van der Waals surface area contributed by atoms with Crippen LogP contribution < -0.4 is 5.73 Å². The summed E-state index contributed by atoms with van der Waals surface area (Å²) in [6, 6.07) is 16.1. The third kappa shape index (κ3) is 5.47. The number of carbonyl (C=O) groups excluding carboxylic acids is 2. The van der Waals surface area contributed by atoms with Gasteiger partial charge in [-0.05, 0) is 60.9 Å². The SMILES string of the molecule is COC(=O)CCc1cn(CC(=O)N2CCC(Cc3ccccc3)CC2)c2ccc(C(=N)N)cc12. The van der Waals surface area contributed by atoms with Crippen LogP contribution in [0.4, 0.5) is 0 Å². The number of aromatic nitrogens is 1. The van der Waals surface area contributed by atoms with Crippen molar-refractivity contribution in [1.82, 2.24) is 9.47 Å². The van der Waals surface area contributed by atoms with Crippen molar-refractivity contribution >= 4 is 28.6 Å². The zero-order chi connectivity index (χ0) is 24.1. The summed E-state index contributed by atoms with van der Waals surface area (Å²) in [6.07, 6.45) is 5.78. The molecule has 0 radical (unpaired) electrons. The molecule has 0 spiro atoms. The molecule has 1 amide bonds. The second-order valence-corrected chi connectivity index (χ2v) is 9.02. The summed E-state index contributed by atoms with van der Waals surface area (Å²) in [6.45, 7) is 1.80.